The Hall–Kier alpha value is -1.03. The number of carbonyl (C=O) groups excluding carboxylic acids is 1. The predicted molar refractivity (Wildman–Crippen MR) is 77.7 cm³/mol. The lowest BCUT2D eigenvalue weighted by Crippen LogP contribution is -2.42. The van der Waals surface area contributed by atoms with Crippen LogP contribution in [0.2, 0.25) is 0 Å². The molecule has 18 heavy (non-hydrogen) atoms. The van der Waals surface area contributed by atoms with E-state index in [4.69, 9.17) is 0 Å². The second kappa shape index (κ2) is 6.23. The van der Waals surface area contributed by atoms with E-state index in [9.17, 15) is 4.79 Å². The number of hydrogen-bond acceptors (Lipinski definition) is 1. The van der Waals surface area contributed by atoms with Crippen molar-refractivity contribution in [1.29, 1.82) is 0 Å². The highest BCUT2D eigenvalue weighted by molar-refractivity contribution is 9.10. The molecule has 1 saturated heterocycles. The van der Waals surface area contributed by atoms with E-state index >= 15 is 0 Å². The van der Waals surface area contributed by atoms with E-state index in [-0.39, 0.29) is 6.03 Å². The molecule has 1 heterocycles. The van der Waals surface area contributed by atoms with E-state index in [1.807, 2.05) is 29.2 Å². The van der Waals surface area contributed by atoms with E-state index < -0.39 is 0 Å². The monoisotopic (exact) mass is 310 g/mol. The summed E-state index contributed by atoms with van der Waals surface area (Å²) in [7, 11) is 0. The van der Waals surface area contributed by atoms with Gasteiger partial charge in [0.1, 0.15) is 0 Å². The standard InChI is InChI=1S/C14H19BrN2O/c1-2-11-4-3-9-17(10-11)14(18)16-13-7-5-12(15)6-8-13/h5-8,11H,2-4,9-10H2,1H3,(H,16,18)/t11-/m0/s1. The number of urea groups is 1. The summed E-state index contributed by atoms with van der Waals surface area (Å²) in [5, 5.41) is 2.95. The zero-order chi connectivity index (χ0) is 13.0. The van der Waals surface area contributed by atoms with E-state index in [0.717, 1.165) is 36.1 Å². The van der Waals surface area contributed by atoms with Crippen molar-refractivity contribution in [2.45, 2.75) is 26.2 Å². The van der Waals surface area contributed by atoms with Crippen LogP contribution in [0.1, 0.15) is 26.2 Å². The average Bonchev–Trinajstić information content (AvgIpc) is 2.41. The minimum Gasteiger partial charge on any atom is -0.324 e. The molecule has 1 aliphatic heterocycles. The molecule has 3 nitrogen and oxygen atoms in total. The van der Waals surface area contributed by atoms with Gasteiger partial charge in [0.05, 0.1) is 0 Å². The Morgan fingerprint density at radius 2 is 2.17 bits per heavy atom. The first-order valence-electron chi connectivity index (χ1n) is 6.50. The molecule has 0 aromatic heterocycles. The maximum Gasteiger partial charge on any atom is 0.321 e. The minimum atomic E-state index is 0.0236. The van der Waals surface area contributed by atoms with Crippen molar-refractivity contribution >= 4 is 27.6 Å². The van der Waals surface area contributed by atoms with Crippen LogP contribution in [0.25, 0.3) is 0 Å². The molecule has 1 N–H and O–H groups in total. The van der Waals surface area contributed by atoms with Crippen molar-refractivity contribution in [1.82, 2.24) is 4.90 Å². The number of nitrogens with zero attached hydrogens (tertiary/aromatic N) is 1. The fourth-order valence-electron chi connectivity index (χ4n) is 2.32. The first kappa shape index (κ1) is 13.4. The maximum atomic E-state index is 12.1. The third-order valence-corrected chi connectivity index (χ3v) is 4.01. The first-order chi connectivity index (χ1) is 8.69. The van der Waals surface area contributed by atoms with Crippen molar-refractivity contribution in [2.75, 3.05) is 18.4 Å². The van der Waals surface area contributed by atoms with Gasteiger partial charge in [-0.3, -0.25) is 0 Å². The lowest BCUT2D eigenvalue weighted by molar-refractivity contribution is 0.176. The Labute approximate surface area is 117 Å². The molecule has 0 aliphatic carbocycles. The highest BCUT2D eigenvalue weighted by Gasteiger charge is 2.22. The topological polar surface area (TPSA) is 32.3 Å². The van der Waals surface area contributed by atoms with Gasteiger partial charge < -0.3 is 10.2 Å². The van der Waals surface area contributed by atoms with E-state index in [0.29, 0.717) is 5.92 Å². The number of rotatable bonds is 2. The van der Waals surface area contributed by atoms with Crippen molar-refractivity contribution in [3.05, 3.63) is 28.7 Å². The third kappa shape index (κ3) is 3.48. The Morgan fingerprint density at radius 1 is 1.44 bits per heavy atom. The van der Waals surface area contributed by atoms with Crippen LogP contribution in [0.3, 0.4) is 0 Å². The molecule has 1 aromatic carbocycles. The van der Waals surface area contributed by atoms with Gasteiger partial charge in [-0.15, -0.1) is 0 Å². The van der Waals surface area contributed by atoms with Gasteiger partial charge in [0, 0.05) is 23.2 Å². The molecule has 98 valence electrons. The van der Waals surface area contributed by atoms with Crippen LogP contribution in [0.5, 0.6) is 0 Å². The molecule has 0 radical (unpaired) electrons. The second-order valence-corrected chi connectivity index (χ2v) is 5.72. The van der Waals surface area contributed by atoms with Crippen LogP contribution in [0, 0.1) is 5.92 Å². The summed E-state index contributed by atoms with van der Waals surface area (Å²) < 4.78 is 1.02. The van der Waals surface area contributed by atoms with Crippen molar-refractivity contribution in [2.24, 2.45) is 5.92 Å². The summed E-state index contributed by atoms with van der Waals surface area (Å²) in [6.07, 6.45) is 3.52. The number of piperidine rings is 1. The quantitative estimate of drug-likeness (QED) is 0.876. The van der Waals surface area contributed by atoms with Crippen molar-refractivity contribution in [3.8, 4) is 0 Å². The van der Waals surface area contributed by atoms with Crippen LogP contribution >= 0.6 is 15.9 Å². The number of anilines is 1. The number of likely N-dealkylation sites (tertiary alicyclic amines) is 1. The SMILES string of the molecule is CC[C@H]1CCCN(C(=O)Nc2ccc(Br)cc2)C1. The summed E-state index contributed by atoms with van der Waals surface area (Å²) in [6.45, 7) is 3.96. The number of halogens is 1. The Bertz CT molecular complexity index is 405. The van der Waals surface area contributed by atoms with Gasteiger partial charge >= 0.3 is 6.03 Å². The number of amides is 2. The Morgan fingerprint density at radius 3 is 2.83 bits per heavy atom. The summed E-state index contributed by atoms with van der Waals surface area (Å²) in [5.74, 6) is 0.661. The zero-order valence-electron chi connectivity index (χ0n) is 10.7. The van der Waals surface area contributed by atoms with Crippen LogP contribution in [0.4, 0.5) is 10.5 Å². The molecule has 1 atom stereocenters. The van der Waals surface area contributed by atoms with Crippen molar-refractivity contribution in [3.63, 3.8) is 0 Å². The van der Waals surface area contributed by atoms with Crippen LogP contribution in [0.15, 0.2) is 28.7 Å². The van der Waals surface area contributed by atoms with Gasteiger partial charge in [-0.1, -0.05) is 29.3 Å². The molecule has 1 aliphatic rings. The zero-order valence-corrected chi connectivity index (χ0v) is 12.2. The van der Waals surface area contributed by atoms with Crippen LogP contribution in [-0.4, -0.2) is 24.0 Å². The summed E-state index contributed by atoms with van der Waals surface area (Å²) in [6, 6.07) is 7.70. The number of nitrogens with one attached hydrogen (secondary N) is 1. The minimum absolute atomic E-state index is 0.0236. The highest BCUT2D eigenvalue weighted by atomic mass is 79.9. The van der Waals surface area contributed by atoms with E-state index in [1.54, 1.807) is 0 Å². The van der Waals surface area contributed by atoms with Gasteiger partial charge in [0.15, 0.2) is 0 Å². The lowest BCUT2D eigenvalue weighted by Gasteiger charge is -2.32. The molecule has 0 bridgehead atoms. The molecule has 1 fully saturated rings. The fourth-order valence-corrected chi connectivity index (χ4v) is 2.58. The molecule has 0 spiro atoms. The summed E-state index contributed by atoms with van der Waals surface area (Å²) in [4.78, 5) is 14.0. The summed E-state index contributed by atoms with van der Waals surface area (Å²) in [5.41, 5.74) is 0.849. The largest absolute Gasteiger partial charge is 0.324 e. The normalized spacial score (nSPS) is 19.7. The van der Waals surface area contributed by atoms with Gasteiger partial charge in [-0.2, -0.15) is 0 Å². The molecule has 2 amide bonds. The lowest BCUT2D eigenvalue weighted by atomic mass is 9.96. The number of hydrogen-bond donors (Lipinski definition) is 1. The Balaban J connectivity index is 1.93. The van der Waals surface area contributed by atoms with Gasteiger partial charge in [0.25, 0.3) is 0 Å². The number of carbonyl (C=O) groups is 1. The van der Waals surface area contributed by atoms with E-state index in [1.165, 1.54) is 6.42 Å². The van der Waals surface area contributed by atoms with Gasteiger partial charge in [-0.25, -0.2) is 4.79 Å². The molecular weight excluding hydrogens is 292 g/mol. The van der Waals surface area contributed by atoms with Crippen molar-refractivity contribution < 1.29 is 4.79 Å². The first-order valence-corrected chi connectivity index (χ1v) is 7.30. The smallest absolute Gasteiger partial charge is 0.321 e. The van der Waals surface area contributed by atoms with Gasteiger partial charge in [0.2, 0.25) is 0 Å². The van der Waals surface area contributed by atoms with Crippen LogP contribution in [-0.2, 0) is 0 Å². The molecule has 1 aromatic rings. The second-order valence-electron chi connectivity index (χ2n) is 4.80. The molecule has 0 unspecified atom stereocenters. The Kier molecular flexibility index (Phi) is 4.64. The molecule has 0 saturated carbocycles. The van der Waals surface area contributed by atoms with Gasteiger partial charge in [-0.05, 0) is 43.0 Å². The number of benzene rings is 1. The predicted octanol–water partition coefficient (Wildman–Crippen LogP) is 4.10. The van der Waals surface area contributed by atoms with Crippen LogP contribution < -0.4 is 5.32 Å². The molecule has 2 rings (SSSR count). The highest BCUT2D eigenvalue weighted by Crippen LogP contribution is 2.20. The summed E-state index contributed by atoms with van der Waals surface area (Å²) >= 11 is 3.38. The maximum absolute atomic E-state index is 12.1. The molecular formula is C14H19BrN2O. The fraction of sp³-hybridized carbons (Fsp3) is 0.500. The molecule has 4 heteroatoms. The average molecular weight is 311 g/mol. The third-order valence-electron chi connectivity index (χ3n) is 3.48. The van der Waals surface area contributed by atoms with E-state index in [2.05, 4.69) is 28.2 Å².